The molecular formula is C9H19NOS. The maximum atomic E-state index is 5.81. The molecule has 0 radical (unpaired) electrons. The van der Waals surface area contributed by atoms with Gasteiger partial charge in [-0.1, -0.05) is 0 Å². The fourth-order valence-electron chi connectivity index (χ4n) is 1.78. The van der Waals surface area contributed by atoms with Gasteiger partial charge in [-0.05, 0) is 38.5 Å². The van der Waals surface area contributed by atoms with Crippen LogP contribution in [0.5, 0.6) is 0 Å². The Morgan fingerprint density at radius 3 is 2.92 bits per heavy atom. The molecule has 2 N–H and O–H groups in total. The smallest absolute Gasteiger partial charge is 0.0784 e. The fraction of sp³-hybridized carbons (Fsp3) is 1.00. The molecule has 1 atom stereocenters. The Balaban J connectivity index is 2.44. The van der Waals surface area contributed by atoms with Crippen LogP contribution in [0.3, 0.4) is 0 Å². The van der Waals surface area contributed by atoms with E-state index in [-0.39, 0.29) is 5.60 Å². The molecule has 1 rings (SSSR count). The number of hydrogen-bond acceptors (Lipinski definition) is 3. The first-order chi connectivity index (χ1) is 5.83. The Labute approximate surface area is 79.2 Å². The van der Waals surface area contributed by atoms with Gasteiger partial charge < -0.3 is 10.5 Å². The van der Waals surface area contributed by atoms with Crippen LogP contribution >= 0.6 is 11.8 Å². The van der Waals surface area contributed by atoms with Crippen LogP contribution in [0.4, 0.5) is 0 Å². The van der Waals surface area contributed by atoms with Crippen LogP contribution in [0.15, 0.2) is 0 Å². The number of thioether (sulfide) groups is 1. The molecule has 0 aromatic carbocycles. The molecule has 1 aliphatic heterocycles. The fourth-order valence-corrected chi connectivity index (χ4v) is 3.02. The lowest BCUT2D eigenvalue weighted by Crippen LogP contribution is -2.40. The first-order valence-corrected chi connectivity index (χ1v) is 5.90. The van der Waals surface area contributed by atoms with Crippen LogP contribution in [0, 0.1) is 0 Å². The van der Waals surface area contributed by atoms with E-state index in [2.05, 4.69) is 6.92 Å². The van der Waals surface area contributed by atoms with Gasteiger partial charge in [0.15, 0.2) is 0 Å². The zero-order valence-electron chi connectivity index (χ0n) is 7.84. The predicted molar refractivity (Wildman–Crippen MR) is 54.6 cm³/mol. The summed E-state index contributed by atoms with van der Waals surface area (Å²) < 4.78 is 5.81. The van der Waals surface area contributed by atoms with E-state index >= 15 is 0 Å². The Morgan fingerprint density at radius 1 is 1.58 bits per heavy atom. The molecule has 0 amide bonds. The quantitative estimate of drug-likeness (QED) is 0.730. The van der Waals surface area contributed by atoms with E-state index in [9.17, 15) is 0 Å². The van der Waals surface area contributed by atoms with E-state index < -0.39 is 0 Å². The van der Waals surface area contributed by atoms with Crippen LogP contribution in [0.2, 0.25) is 0 Å². The van der Waals surface area contributed by atoms with Crippen LogP contribution in [0.25, 0.3) is 0 Å². The molecule has 2 nitrogen and oxygen atoms in total. The zero-order chi connectivity index (χ0) is 8.86. The molecule has 0 aliphatic carbocycles. The molecule has 1 saturated heterocycles. The van der Waals surface area contributed by atoms with Crippen molar-refractivity contribution in [2.75, 3.05) is 24.7 Å². The highest BCUT2D eigenvalue weighted by atomic mass is 32.2. The summed E-state index contributed by atoms with van der Waals surface area (Å²) in [5, 5.41) is 0. The highest BCUT2D eigenvalue weighted by molar-refractivity contribution is 7.99. The van der Waals surface area contributed by atoms with Crippen molar-refractivity contribution in [1.82, 2.24) is 0 Å². The number of nitrogens with two attached hydrogens (primary N) is 1. The van der Waals surface area contributed by atoms with E-state index in [4.69, 9.17) is 10.5 Å². The summed E-state index contributed by atoms with van der Waals surface area (Å²) in [7, 11) is 0. The molecule has 1 aliphatic rings. The molecule has 0 saturated carbocycles. The summed E-state index contributed by atoms with van der Waals surface area (Å²) in [5.74, 6) is 2.43. The lowest BCUT2D eigenvalue weighted by Gasteiger charge is -2.36. The summed E-state index contributed by atoms with van der Waals surface area (Å²) in [5.41, 5.74) is 5.70. The Kier molecular flexibility index (Phi) is 4.40. The van der Waals surface area contributed by atoms with Gasteiger partial charge in [0.25, 0.3) is 0 Å². The lowest BCUT2D eigenvalue weighted by molar-refractivity contribution is -0.0335. The number of hydrogen-bond donors (Lipinski definition) is 1. The standard InChI is InChI=1S/C9H19NOS/c1-2-11-9(5-6-10)4-3-7-12-8-9/h2-8,10H2,1H3. The molecule has 12 heavy (non-hydrogen) atoms. The van der Waals surface area contributed by atoms with Gasteiger partial charge in [-0.15, -0.1) is 0 Å². The van der Waals surface area contributed by atoms with Crippen molar-refractivity contribution in [3.63, 3.8) is 0 Å². The van der Waals surface area contributed by atoms with Crippen LogP contribution in [0.1, 0.15) is 26.2 Å². The van der Waals surface area contributed by atoms with E-state index in [1.54, 1.807) is 0 Å². The maximum Gasteiger partial charge on any atom is 0.0784 e. The van der Waals surface area contributed by atoms with Crippen LogP contribution in [-0.2, 0) is 4.74 Å². The van der Waals surface area contributed by atoms with Gasteiger partial charge in [-0.3, -0.25) is 0 Å². The minimum atomic E-state index is 0.117. The lowest BCUT2D eigenvalue weighted by atomic mass is 9.95. The summed E-state index contributed by atoms with van der Waals surface area (Å²) in [6, 6.07) is 0. The minimum Gasteiger partial charge on any atom is -0.374 e. The van der Waals surface area contributed by atoms with E-state index in [0.29, 0.717) is 0 Å². The van der Waals surface area contributed by atoms with Gasteiger partial charge in [-0.25, -0.2) is 0 Å². The van der Waals surface area contributed by atoms with Gasteiger partial charge in [0, 0.05) is 12.4 Å². The van der Waals surface area contributed by atoms with E-state index in [1.165, 1.54) is 18.6 Å². The van der Waals surface area contributed by atoms with Gasteiger partial charge >= 0.3 is 0 Å². The van der Waals surface area contributed by atoms with Crippen molar-refractivity contribution in [3.05, 3.63) is 0 Å². The van der Waals surface area contributed by atoms with Gasteiger partial charge in [0.05, 0.1) is 5.60 Å². The second kappa shape index (κ2) is 5.10. The third-order valence-corrected chi connectivity index (χ3v) is 3.64. The van der Waals surface area contributed by atoms with Crippen LogP contribution in [-0.4, -0.2) is 30.3 Å². The van der Waals surface area contributed by atoms with Crippen molar-refractivity contribution in [2.45, 2.75) is 31.8 Å². The van der Waals surface area contributed by atoms with Gasteiger partial charge in [0.1, 0.15) is 0 Å². The Morgan fingerprint density at radius 2 is 2.42 bits per heavy atom. The first-order valence-electron chi connectivity index (χ1n) is 4.75. The Bertz CT molecular complexity index is 108. The van der Waals surface area contributed by atoms with E-state index in [1.807, 2.05) is 11.8 Å². The van der Waals surface area contributed by atoms with Crippen molar-refractivity contribution in [3.8, 4) is 0 Å². The third kappa shape index (κ3) is 2.64. The van der Waals surface area contributed by atoms with Crippen molar-refractivity contribution >= 4 is 11.8 Å². The summed E-state index contributed by atoms with van der Waals surface area (Å²) in [6.45, 7) is 3.64. The third-order valence-electron chi connectivity index (χ3n) is 2.34. The first kappa shape index (κ1) is 10.4. The molecule has 0 aromatic heterocycles. The summed E-state index contributed by atoms with van der Waals surface area (Å²) in [4.78, 5) is 0. The number of ether oxygens (including phenoxy) is 1. The normalized spacial score (nSPS) is 30.5. The summed E-state index contributed by atoms with van der Waals surface area (Å²) in [6.07, 6.45) is 3.50. The largest absolute Gasteiger partial charge is 0.374 e. The zero-order valence-corrected chi connectivity index (χ0v) is 8.66. The van der Waals surface area contributed by atoms with Crippen molar-refractivity contribution < 1.29 is 4.74 Å². The van der Waals surface area contributed by atoms with Crippen LogP contribution < -0.4 is 5.73 Å². The Hall–Kier alpha value is 0.270. The summed E-state index contributed by atoms with van der Waals surface area (Å²) >= 11 is 2.00. The monoisotopic (exact) mass is 189 g/mol. The molecule has 1 heterocycles. The topological polar surface area (TPSA) is 35.2 Å². The average molecular weight is 189 g/mol. The number of rotatable bonds is 4. The molecule has 0 aromatic rings. The van der Waals surface area contributed by atoms with Gasteiger partial charge in [0.2, 0.25) is 0 Å². The highest BCUT2D eigenvalue weighted by Gasteiger charge is 2.31. The van der Waals surface area contributed by atoms with E-state index in [0.717, 1.165) is 25.3 Å². The molecule has 3 heteroatoms. The predicted octanol–water partition coefficient (Wildman–Crippen LogP) is 1.64. The molecule has 72 valence electrons. The molecule has 0 spiro atoms. The minimum absolute atomic E-state index is 0.117. The maximum absolute atomic E-state index is 5.81. The SMILES string of the molecule is CCOC1(CCN)CCCSC1. The van der Waals surface area contributed by atoms with Crippen molar-refractivity contribution in [1.29, 1.82) is 0 Å². The average Bonchev–Trinajstić information content (AvgIpc) is 2.07. The molecular weight excluding hydrogens is 170 g/mol. The second-order valence-corrected chi connectivity index (χ2v) is 4.42. The molecule has 0 bridgehead atoms. The molecule has 1 fully saturated rings. The van der Waals surface area contributed by atoms with Crippen molar-refractivity contribution in [2.24, 2.45) is 5.73 Å². The highest BCUT2D eigenvalue weighted by Crippen LogP contribution is 2.32. The molecule has 1 unspecified atom stereocenters. The second-order valence-electron chi connectivity index (χ2n) is 3.31. The van der Waals surface area contributed by atoms with Gasteiger partial charge in [-0.2, -0.15) is 11.8 Å².